The molecule has 0 saturated heterocycles. The molecule has 0 aliphatic rings. The molecule has 1 rings (SSSR count). The van der Waals surface area contributed by atoms with Crippen molar-refractivity contribution >= 4 is 17.8 Å². The molecular weight excluding hydrogens is 255 g/mol. The number of rotatable bonds is 5. The van der Waals surface area contributed by atoms with Crippen LogP contribution in [0.3, 0.4) is 0 Å². The molecule has 0 aliphatic heterocycles. The van der Waals surface area contributed by atoms with Crippen LogP contribution in [0.15, 0.2) is 24.3 Å². The Morgan fingerprint density at radius 2 is 1.95 bits per heavy atom. The molecule has 0 radical (unpaired) electrons. The third-order valence-corrected chi connectivity index (χ3v) is 2.15. The molecule has 0 saturated carbocycles. The third kappa shape index (κ3) is 4.74. The minimum Gasteiger partial charge on any atom is -0.454 e. The van der Waals surface area contributed by atoms with Crippen LogP contribution >= 0.6 is 0 Å². The average molecular weight is 268 g/mol. The molecule has 1 aromatic carbocycles. The van der Waals surface area contributed by atoms with Gasteiger partial charge in [0.25, 0.3) is 11.8 Å². The summed E-state index contributed by atoms with van der Waals surface area (Å²) in [6.07, 6.45) is 0. The van der Waals surface area contributed by atoms with E-state index in [1.807, 2.05) is 0 Å². The van der Waals surface area contributed by atoms with Crippen molar-refractivity contribution in [2.24, 2.45) is 0 Å². The van der Waals surface area contributed by atoms with Gasteiger partial charge in [0.2, 0.25) is 0 Å². The van der Waals surface area contributed by atoms with Gasteiger partial charge in [-0.3, -0.25) is 14.4 Å². The Balaban J connectivity index is 2.40. The van der Waals surface area contributed by atoms with Crippen molar-refractivity contribution in [2.45, 2.75) is 0 Å². The number of esters is 1. The van der Waals surface area contributed by atoms with Gasteiger partial charge >= 0.3 is 5.97 Å². The number of benzene rings is 1. The van der Waals surface area contributed by atoms with Crippen LogP contribution in [-0.4, -0.2) is 38.0 Å². The normalized spacial score (nSPS) is 9.58. The van der Waals surface area contributed by atoms with Crippen LogP contribution in [0, 0.1) is 5.82 Å². The smallest absolute Gasteiger partial charge is 0.325 e. The maximum absolute atomic E-state index is 13.2. The van der Waals surface area contributed by atoms with Crippen LogP contribution in [0.1, 0.15) is 10.4 Å². The number of halogens is 1. The van der Waals surface area contributed by atoms with Gasteiger partial charge in [-0.2, -0.15) is 0 Å². The summed E-state index contributed by atoms with van der Waals surface area (Å²) < 4.78 is 17.8. The molecule has 0 aromatic heterocycles. The number of carbonyl (C=O) groups is 3. The molecular formula is C12H13FN2O4. The quantitative estimate of drug-likeness (QED) is 0.727. The molecule has 0 heterocycles. The molecule has 7 heteroatoms. The van der Waals surface area contributed by atoms with Crippen LogP contribution in [-0.2, 0) is 14.3 Å². The van der Waals surface area contributed by atoms with E-state index in [-0.39, 0.29) is 5.56 Å². The monoisotopic (exact) mass is 268 g/mol. The lowest BCUT2D eigenvalue weighted by atomic mass is 10.2. The van der Waals surface area contributed by atoms with Gasteiger partial charge in [0.1, 0.15) is 12.4 Å². The molecule has 0 unspecified atom stereocenters. The Labute approximate surface area is 108 Å². The van der Waals surface area contributed by atoms with Gasteiger partial charge < -0.3 is 15.4 Å². The molecule has 0 fully saturated rings. The zero-order valence-electron chi connectivity index (χ0n) is 10.2. The lowest BCUT2D eigenvalue weighted by Gasteiger charge is -2.06. The van der Waals surface area contributed by atoms with Gasteiger partial charge in [-0.05, 0) is 12.1 Å². The number of nitrogens with one attached hydrogen (secondary N) is 2. The first-order chi connectivity index (χ1) is 9.04. The molecule has 19 heavy (non-hydrogen) atoms. The largest absolute Gasteiger partial charge is 0.454 e. The summed E-state index contributed by atoms with van der Waals surface area (Å²) in [5.74, 6) is -2.66. The summed E-state index contributed by atoms with van der Waals surface area (Å²) in [5, 5.41) is 4.46. The predicted molar refractivity (Wildman–Crippen MR) is 63.8 cm³/mol. The SMILES string of the molecule is CNC(=O)COC(=O)CNC(=O)c1ccccc1F. The topological polar surface area (TPSA) is 84.5 Å². The Morgan fingerprint density at radius 3 is 2.58 bits per heavy atom. The second-order valence-electron chi connectivity index (χ2n) is 3.50. The van der Waals surface area contributed by atoms with E-state index in [2.05, 4.69) is 15.4 Å². The summed E-state index contributed by atoms with van der Waals surface area (Å²) >= 11 is 0. The highest BCUT2D eigenvalue weighted by Crippen LogP contribution is 2.05. The zero-order chi connectivity index (χ0) is 14.3. The van der Waals surface area contributed by atoms with Crippen molar-refractivity contribution in [1.82, 2.24) is 10.6 Å². The molecule has 1 aromatic rings. The van der Waals surface area contributed by atoms with Gasteiger partial charge in [-0.15, -0.1) is 0 Å². The number of likely N-dealkylation sites (N-methyl/N-ethyl adjacent to an activating group) is 1. The van der Waals surface area contributed by atoms with Gasteiger partial charge in [0.05, 0.1) is 5.56 Å². The van der Waals surface area contributed by atoms with Crippen LogP contribution < -0.4 is 10.6 Å². The van der Waals surface area contributed by atoms with Crippen molar-refractivity contribution in [2.75, 3.05) is 20.2 Å². The lowest BCUT2D eigenvalue weighted by Crippen LogP contribution is -2.33. The molecule has 0 bridgehead atoms. The fourth-order valence-corrected chi connectivity index (χ4v) is 1.16. The van der Waals surface area contributed by atoms with Crippen LogP contribution in [0.25, 0.3) is 0 Å². The van der Waals surface area contributed by atoms with E-state index in [9.17, 15) is 18.8 Å². The first-order valence-corrected chi connectivity index (χ1v) is 5.43. The summed E-state index contributed by atoms with van der Waals surface area (Å²) in [6.45, 7) is -0.866. The van der Waals surface area contributed by atoms with E-state index in [0.29, 0.717) is 0 Å². The predicted octanol–water partition coefficient (Wildman–Crippen LogP) is -0.155. The second kappa shape index (κ2) is 7.10. The van der Waals surface area contributed by atoms with Gasteiger partial charge in [0, 0.05) is 7.05 Å². The summed E-state index contributed by atoms with van der Waals surface area (Å²) in [4.78, 5) is 33.5. The second-order valence-corrected chi connectivity index (χ2v) is 3.50. The summed E-state index contributed by atoms with van der Waals surface area (Å²) in [6, 6.07) is 5.38. The van der Waals surface area contributed by atoms with E-state index in [1.165, 1.54) is 25.2 Å². The van der Waals surface area contributed by atoms with E-state index in [1.54, 1.807) is 0 Å². The lowest BCUT2D eigenvalue weighted by molar-refractivity contribution is -0.147. The molecule has 102 valence electrons. The van der Waals surface area contributed by atoms with Gasteiger partial charge in [-0.1, -0.05) is 12.1 Å². The van der Waals surface area contributed by atoms with Crippen molar-refractivity contribution < 1.29 is 23.5 Å². The average Bonchev–Trinajstić information content (AvgIpc) is 2.42. The number of amides is 2. The first kappa shape index (κ1) is 14.6. The summed E-state index contributed by atoms with van der Waals surface area (Å²) in [7, 11) is 1.40. The minimum absolute atomic E-state index is 0.165. The highest BCUT2D eigenvalue weighted by atomic mass is 19.1. The Hall–Kier alpha value is -2.44. The molecule has 0 atom stereocenters. The standard InChI is InChI=1S/C12H13FN2O4/c1-14-10(16)7-19-11(17)6-15-12(18)8-4-2-3-5-9(8)13/h2-5H,6-7H2,1H3,(H,14,16)(H,15,18). The number of hydrogen-bond acceptors (Lipinski definition) is 4. The van der Waals surface area contributed by atoms with Gasteiger partial charge in [-0.25, -0.2) is 4.39 Å². The van der Waals surface area contributed by atoms with E-state index >= 15 is 0 Å². The highest BCUT2D eigenvalue weighted by molar-refractivity contribution is 5.96. The maximum Gasteiger partial charge on any atom is 0.325 e. The number of carbonyl (C=O) groups excluding carboxylic acids is 3. The van der Waals surface area contributed by atoms with Crippen LogP contribution in [0.5, 0.6) is 0 Å². The Kier molecular flexibility index (Phi) is 5.46. The van der Waals surface area contributed by atoms with Crippen LogP contribution in [0.4, 0.5) is 4.39 Å². The third-order valence-electron chi connectivity index (χ3n) is 2.15. The zero-order valence-corrected chi connectivity index (χ0v) is 10.2. The molecule has 0 spiro atoms. The van der Waals surface area contributed by atoms with Crippen molar-refractivity contribution in [3.63, 3.8) is 0 Å². The summed E-state index contributed by atoms with van der Waals surface area (Å²) in [5.41, 5.74) is -0.165. The van der Waals surface area contributed by atoms with Crippen molar-refractivity contribution in [3.05, 3.63) is 35.6 Å². The van der Waals surface area contributed by atoms with E-state index in [4.69, 9.17) is 0 Å². The number of hydrogen-bond donors (Lipinski definition) is 2. The minimum atomic E-state index is -0.784. The van der Waals surface area contributed by atoms with Crippen molar-refractivity contribution in [3.8, 4) is 0 Å². The molecule has 0 aliphatic carbocycles. The van der Waals surface area contributed by atoms with Gasteiger partial charge in [0.15, 0.2) is 6.61 Å². The Bertz CT molecular complexity index is 490. The first-order valence-electron chi connectivity index (χ1n) is 5.43. The number of ether oxygens (including phenoxy) is 1. The molecule has 6 nitrogen and oxygen atoms in total. The van der Waals surface area contributed by atoms with E-state index in [0.717, 1.165) is 6.07 Å². The highest BCUT2D eigenvalue weighted by Gasteiger charge is 2.13. The Morgan fingerprint density at radius 1 is 1.26 bits per heavy atom. The van der Waals surface area contributed by atoms with Crippen molar-refractivity contribution in [1.29, 1.82) is 0 Å². The molecule has 2 N–H and O–H groups in total. The fraction of sp³-hybridized carbons (Fsp3) is 0.250. The fourth-order valence-electron chi connectivity index (χ4n) is 1.16. The molecule has 2 amide bonds. The maximum atomic E-state index is 13.2. The van der Waals surface area contributed by atoms with E-state index < -0.39 is 36.8 Å². The van der Waals surface area contributed by atoms with Crippen LogP contribution in [0.2, 0.25) is 0 Å².